The van der Waals surface area contributed by atoms with Crippen LogP contribution < -0.4 is 10.6 Å². The standard InChI is InChI=1S/C15H16BrN3O4S2/c1-9(2)25(22,23)11-5-3-4-10(6-11)14(21)17-7-13(20)19-15-18-12(16)8-24-15/h3-6,8-9H,7H2,1-2H3,(H,17,21)(H,18,19,20). The SMILES string of the molecule is CC(C)S(=O)(=O)c1cccc(C(=O)NCC(=O)Nc2nc(Br)cs2)c1. The number of nitrogens with one attached hydrogen (secondary N) is 2. The third kappa shape index (κ3) is 5.10. The summed E-state index contributed by atoms with van der Waals surface area (Å²) in [6.07, 6.45) is 0. The molecule has 2 aromatic rings. The smallest absolute Gasteiger partial charge is 0.251 e. The molecular formula is C15H16BrN3O4S2. The lowest BCUT2D eigenvalue weighted by molar-refractivity contribution is -0.115. The molecule has 1 heterocycles. The van der Waals surface area contributed by atoms with Crippen molar-refractivity contribution < 1.29 is 18.0 Å². The van der Waals surface area contributed by atoms with Gasteiger partial charge in [0.2, 0.25) is 5.91 Å². The topological polar surface area (TPSA) is 105 Å². The molecule has 2 amide bonds. The van der Waals surface area contributed by atoms with E-state index in [9.17, 15) is 18.0 Å². The minimum atomic E-state index is -3.47. The van der Waals surface area contributed by atoms with Gasteiger partial charge >= 0.3 is 0 Å². The number of nitrogens with zero attached hydrogens (tertiary/aromatic N) is 1. The molecule has 0 radical (unpaired) electrons. The molecule has 0 bridgehead atoms. The van der Waals surface area contributed by atoms with Gasteiger partial charge in [-0.25, -0.2) is 13.4 Å². The predicted molar refractivity (Wildman–Crippen MR) is 99.5 cm³/mol. The number of hydrogen-bond donors (Lipinski definition) is 2. The van der Waals surface area contributed by atoms with Crippen molar-refractivity contribution in [3.63, 3.8) is 0 Å². The number of anilines is 1. The Bertz CT molecular complexity index is 894. The van der Waals surface area contributed by atoms with E-state index in [0.717, 1.165) is 0 Å². The lowest BCUT2D eigenvalue weighted by Gasteiger charge is -2.10. The van der Waals surface area contributed by atoms with Crippen LogP contribution in [0.15, 0.2) is 39.1 Å². The van der Waals surface area contributed by atoms with Gasteiger partial charge in [0.1, 0.15) is 4.60 Å². The molecule has 0 aliphatic rings. The number of hydrogen-bond acceptors (Lipinski definition) is 6. The van der Waals surface area contributed by atoms with Crippen LogP contribution in [0, 0.1) is 0 Å². The molecule has 1 aromatic carbocycles. The molecule has 0 saturated heterocycles. The Labute approximate surface area is 157 Å². The molecular weight excluding hydrogens is 430 g/mol. The average Bonchev–Trinajstić information content (AvgIpc) is 2.97. The van der Waals surface area contributed by atoms with Crippen LogP contribution >= 0.6 is 27.3 Å². The zero-order chi connectivity index (χ0) is 18.6. The molecule has 0 fully saturated rings. The Morgan fingerprint density at radius 2 is 2.04 bits per heavy atom. The third-order valence-electron chi connectivity index (χ3n) is 3.18. The Morgan fingerprint density at radius 1 is 1.32 bits per heavy atom. The van der Waals surface area contributed by atoms with Gasteiger partial charge in [-0.3, -0.25) is 9.59 Å². The largest absolute Gasteiger partial charge is 0.343 e. The predicted octanol–water partition coefficient (Wildman–Crippen LogP) is 2.46. The summed E-state index contributed by atoms with van der Waals surface area (Å²) < 4.78 is 25.0. The fourth-order valence-electron chi connectivity index (χ4n) is 1.82. The maximum Gasteiger partial charge on any atom is 0.251 e. The van der Waals surface area contributed by atoms with E-state index >= 15 is 0 Å². The van der Waals surface area contributed by atoms with Crippen LogP contribution in [0.25, 0.3) is 0 Å². The van der Waals surface area contributed by atoms with Crippen LogP contribution in [0.1, 0.15) is 24.2 Å². The molecule has 0 spiro atoms. The number of thiazole rings is 1. The van der Waals surface area contributed by atoms with Gasteiger partial charge in [0, 0.05) is 10.9 Å². The van der Waals surface area contributed by atoms with E-state index in [4.69, 9.17) is 0 Å². The van der Waals surface area contributed by atoms with E-state index in [1.807, 2.05) is 0 Å². The van der Waals surface area contributed by atoms with Crippen LogP contribution in [-0.2, 0) is 14.6 Å². The molecule has 7 nitrogen and oxygen atoms in total. The van der Waals surface area contributed by atoms with Crippen LogP contribution in [0.5, 0.6) is 0 Å². The maximum atomic E-state index is 12.2. The van der Waals surface area contributed by atoms with Gasteiger partial charge in [0.25, 0.3) is 5.91 Å². The minimum Gasteiger partial charge on any atom is -0.343 e. The van der Waals surface area contributed by atoms with Crippen molar-refractivity contribution in [2.24, 2.45) is 0 Å². The second-order valence-corrected chi connectivity index (χ2v) is 9.50. The van der Waals surface area contributed by atoms with Crippen molar-refractivity contribution in [2.45, 2.75) is 24.0 Å². The van der Waals surface area contributed by atoms with Gasteiger partial charge in [-0.15, -0.1) is 11.3 Å². The van der Waals surface area contributed by atoms with Crippen molar-refractivity contribution in [2.75, 3.05) is 11.9 Å². The fraction of sp³-hybridized carbons (Fsp3) is 0.267. The molecule has 2 rings (SSSR count). The summed E-state index contributed by atoms with van der Waals surface area (Å²) in [5, 5.41) is 6.54. The van der Waals surface area contributed by atoms with Crippen LogP contribution in [0.4, 0.5) is 5.13 Å². The second-order valence-electron chi connectivity index (χ2n) is 5.33. The highest BCUT2D eigenvalue weighted by atomic mass is 79.9. The zero-order valence-corrected chi connectivity index (χ0v) is 16.7. The average molecular weight is 446 g/mol. The Kier molecular flexibility index (Phi) is 6.31. The molecule has 25 heavy (non-hydrogen) atoms. The first kappa shape index (κ1) is 19.5. The number of amides is 2. The van der Waals surface area contributed by atoms with Gasteiger partial charge < -0.3 is 10.6 Å². The van der Waals surface area contributed by atoms with E-state index in [-0.39, 0.29) is 17.0 Å². The summed E-state index contributed by atoms with van der Waals surface area (Å²) in [6, 6.07) is 5.74. The summed E-state index contributed by atoms with van der Waals surface area (Å²) in [4.78, 5) is 28.0. The van der Waals surface area contributed by atoms with Crippen molar-refractivity contribution in [1.82, 2.24) is 10.3 Å². The van der Waals surface area contributed by atoms with Gasteiger partial charge in [-0.1, -0.05) is 6.07 Å². The van der Waals surface area contributed by atoms with E-state index in [1.54, 1.807) is 19.2 Å². The number of benzene rings is 1. The molecule has 10 heteroatoms. The van der Waals surface area contributed by atoms with Crippen LogP contribution in [0.3, 0.4) is 0 Å². The van der Waals surface area contributed by atoms with E-state index in [2.05, 4.69) is 31.5 Å². The highest BCUT2D eigenvalue weighted by molar-refractivity contribution is 9.10. The lowest BCUT2D eigenvalue weighted by Crippen LogP contribution is -2.33. The number of carbonyl (C=O) groups excluding carboxylic acids is 2. The number of rotatable bonds is 6. The van der Waals surface area contributed by atoms with Crippen molar-refractivity contribution >= 4 is 54.0 Å². The van der Waals surface area contributed by atoms with E-state index in [1.165, 1.54) is 35.6 Å². The molecule has 134 valence electrons. The first-order chi connectivity index (χ1) is 11.7. The molecule has 0 atom stereocenters. The molecule has 2 N–H and O–H groups in total. The number of aromatic nitrogens is 1. The summed E-state index contributed by atoms with van der Waals surface area (Å²) in [7, 11) is -3.47. The first-order valence-corrected chi connectivity index (χ1v) is 10.4. The molecule has 1 aromatic heterocycles. The molecule has 0 saturated carbocycles. The van der Waals surface area contributed by atoms with Crippen molar-refractivity contribution in [3.8, 4) is 0 Å². The summed E-state index contributed by atoms with van der Waals surface area (Å²) >= 11 is 4.42. The van der Waals surface area contributed by atoms with Gasteiger partial charge in [-0.2, -0.15) is 0 Å². The third-order valence-corrected chi connectivity index (χ3v) is 6.80. The maximum absolute atomic E-state index is 12.2. The fourth-order valence-corrected chi connectivity index (χ4v) is 4.09. The molecule has 0 aliphatic heterocycles. The Hall–Kier alpha value is -1.78. The lowest BCUT2D eigenvalue weighted by atomic mass is 10.2. The van der Waals surface area contributed by atoms with E-state index < -0.39 is 26.9 Å². The molecule has 0 aliphatic carbocycles. The number of sulfone groups is 1. The van der Waals surface area contributed by atoms with Gasteiger partial charge in [-0.05, 0) is 48.0 Å². The van der Waals surface area contributed by atoms with Crippen LogP contribution in [-0.4, -0.2) is 37.0 Å². The normalized spacial score (nSPS) is 11.4. The van der Waals surface area contributed by atoms with Gasteiger partial charge in [0.05, 0.1) is 16.7 Å². The molecule has 0 unspecified atom stereocenters. The monoisotopic (exact) mass is 445 g/mol. The quantitative estimate of drug-likeness (QED) is 0.709. The second kappa shape index (κ2) is 8.07. The summed E-state index contributed by atoms with van der Waals surface area (Å²) in [5.41, 5.74) is 0.173. The zero-order valence-electron chi connectivity index (χ0n) is 13.4. The van der Waals surface area contributed by atoms with Crippen molar-refractivity contribution in [3.05, 3.63) is 39.8 Å². The van der Waals surface area contributed by atoms with Crippen LogP contribution in [0.2, 0.25) is 0 Å². The Balaban J connectivity index is 2.00. The van der Waals surface area contributed by atoms with E-state index in [0.29, 0.717) is 9.73 Å². The minimum absolute atomic E-state index is 0.0761. The first-order valence-electron chi connectivity index (χ1n) is 7.23. The number of halogens is 1. The summed E-state index contributed by atoms with van der Waals surface area (Å²) in [5.74, 6) is -0.961. The van der Waals surface area contributed by atoms with Crippen molar-refractivity contribution in [1.29, 1.82) is 0 Å². The highest BCUT2D eigenvalue weighted by Gasteiger charge is 2.20. The Morgan fingerprint density at radius 3 is 2.64 bits per heavy atom. The number of carbonyl (C=O) groups is 2. The van der Waals surface area contributed by atoms with Gasteiger partial charge in [0.15, 0.2) is 15.0 Å². The summed E-state index contributed by atoms with van der Waals surface area (Å²) in [6.45, 7) is 2.89. The highest BCUT2D eigenvalue weighted by Crippen LogP contribution is 2.19.